The average Bonchev–Trinajstić information content (AvgIpc) is 2.77. The summed E-state index contributed by atoms with van der Waals surface area (Å²) >= 11 is 0. The van der Waals surface area contributed by atoms with Crippen LogP contribution in [0.5, 0.6) is 0 Å². The lowest BCUT2D eigenvalue weighted by Crippen LogP contribution is -2.61. The van der Waals surface area contributed by atoms with Crippen molar-refractivity contribution in [3.8, 4) is 0 Å². The molecule has 2 aromatic rings. The molecule has 170 valence electrons. The van der Waals surface area contributed by atoms with Gasteiger partial charge in [-0.05, 0) is 41.7 Å². The number of carbonyl (C=O) groups is 1. The molecule has 1 fully saturated rings. The van der Waals surface area contributed by atoms with Gasteiger partial charge in [0.25, 0.3) is 5.69 Å². The van der Waals surface area contributed by atoms with Crippen molar-refractivity contribution >= 4 is 17.3 Å². The van der Waals surface area contributed by atoms with Crippen LogP contribution >= 0.6 is 0 Å². The Morgan fingerprint density at radius 2 is 1.97 bits per heavy atom. The molecule has 2 aromatic carbocycles. The highest BCUT2D eigenvalue weighted by atomic mass is 19.1. The minimum Gasteiger partial charge on any atom is -0.365 e. The quantitative estimate of drug-likeness (QED) is 0.550. The minimum atomic E-state index is -0.388. The summed E-state index contributed by atoms with van der Waals surface area (Å²) in [4.78, 5) is 28.6. The summed E-state index contributed by atoms with van der Waals surface area (Å²) in [5.41, 5.74) is 2.92. The van der Waals surface area contributed by atoms with Crippen LogP contribution in [0.15, 0.2) is 42.5 Å². The molecule has 32 heavy (non-hydrogen) atoms. The summed E-state index contributed by atoms with van der Waals surface area (Å²) in [5, 5.41) is 14.3. The Hall–Kier alpha value is -3.00. The van der Waals surface area contributed by atoms with Crippen molar-refractivity contribution in [1.82, 2.24) is 10.2 Å². The Bertz CT molecular complexity index is 995. The Labute approximate surface area is 187 Å². The number of rotatable bonds is 6. The minimum absolute atomic E-state index is 0.00510. The Balaban J connectivity index is 1.59. The van der Waals surface area contributed by atoms with Gasteiger partial charge in [-0.3, -0.25) is 19.8 Å². The SMILES string of the molecule is CC(C)CNC(=O)[C@H]1Cc2cc([N+](=O)[O-])ccc2N2CCN(Cc3ccc(F)cc3)C[C@H]12. The van der Waals surface area contributed by atoms with E-state index >= 15 is 0 Å². The van der Waals surface area contributed by atoms with Gasteiger partial charge in [-0.15, -0.1) is 0 Å². The highest BCUT2D eigenvalue weighted by molar-refractivity contribution is 5.82. The molecular weight excluding hydrogens is 411 g/mol. The van der Waals surface area contributed by atoms with Crippen LogP contribution in [-0.2, 0) is 17.8 Å². The van der Waals surface area contributed by atoms with Gasteiger partial charge >= 0.3 is 0 Å². The number of fused-ring (bicyclic) bond motifs is 3. The highest BCUT2D eigenvalue weighted by Gasteiger charge is 2.41. The first-order valence-electron chi connectivity index (χ1n) is 11.1. The van der Waals surface area contributed by atoms with Gasteiger partial charge in [-0.1, -0.05) is 26.0 Å². The van der Waals surface area contributed by atoms with Crippen LogP contribution in [0, 0.1) is 27.8 Å². The molecule has 0 saturated carbocycles. The van der Waals surface area contributed by atoms with E-state index in [4.69, 9.17) is 0 Å². The number of hydrogen-bond donors (Lipinski definition) is 1. The van der Waals surface area contributed by atoms with E-state index in [1.807, 2.05) is 6.07 Å². The number of non-ortho nitro benzene ring substituents is 1. The molecular formula is C24H29FN4O3. The Morgan fingerprint density at radius 3 is 2.66 bits per heavy atom. The van der Waals surface area contributed by atoms with E-state index in [-0.39, 0.29) is 34.3 Å². The zero-order valence-electron chi connectivity index (χ0n) is 18.5. The molecule has 2 aliphatic heterocycles. The summed E-state index contributed by atoms with van der Waals surface area (Å²) in [6.45, 7) is 7.62. The topological polar surface area (TPSA) is 78.7 Å². The summed E-state index contributed by atoms with van der Waals surface area (Å²) in [6, 6.07) is 11.5. The van der Waals surface area contributed by atoms with Gasteiger partial charge in [0.05, 0.1) is 16.9 Å². The fraction of sp³-hybridized carbons (Fsp3) is 0.458. The van der Waals surface area contributed by atoms with Crippen molar-refractivity contribution in [3.63, 3.8) is 0 Å². The van der Waals surface area contributed by atoms with E-state index in [1.165, 1.54) is 12.1 Å². The van der Waals surface area contributed by atoms with Crippen molar-refractivity contribution in [3.05, 3.63) is 69.5 Å². The van der Waals surface area contributed by atoms with Crippen molar-refractivity contribution in [2.75, 3.05) is 31.1 Å². The number of nitro groups is 1. The van der Waals surface area contributed by atoms with Crippen LogP contribution < -0.4 is 10.2 Å². The van der Waals surface area contributed by atoms with Crippen molar-refractivity contribution in [1.29, 1.82) is 0 Å². The lowest BCUT2D eigenvalue weighted by atomic mass is 9.83. The number of nitrogens with one attached hydrogen (secondary N) is 1. The molecule has 8 heteroatoms. The second-order valence-electron chi connectivity index (χ2n) is 9.14. The standard InChI is InChI=1S/C24H29FN4O3/c1-16(2)13-26-24(30)21-12-18-11-20(29(31)32)7-8-22(18)28-10-9-27(15-23(21)28)14-17-3-5-19(25)6-4-17/h3-8,11,16,21,23H,9-10,12-15H2,1-2H3,(H,26,30)/t21-,23+/m0/s1. The number of piperazine rings is 1. The molecule has 0 radical (unpaired) electrons. The Morgan fingerprint density at radius 1 is 1.22 bits per heavy atom. The number of carbonyl (C=O) groups excluding carboxylic acids is 1. The van der Waals surface area contributed by atoms with Crippen molar-refractivity contribution in [2.45, 2.75) is 32.9 Å². The normalized spacial score (nSPS) is 20.6. The molecule has 0 aliphatic carbocycles. The van der Waals surface area contributed by atoms with Crippen LogP contribution in [0.3, 0.4) is 0 Å². The van der Waals surface area contributed by atoms with Crippen molar-refractivity contribution in [2.24, 2.45) is 11.8 Å². The zero-order chi connectivity index (χ0) is 22.8. The molecule has 7 nitrogen and oxygen atoms in total. The van der Waals surface area contributed by atoms with E-state index in [0.29, 0.717) is 32.0 Å². The molecule has 0 bridgehead atoms. The molecule has 2 atom stereocenters. The summed E-state index contributed by atoms with van der Waals surface area (Å²) in [5.74, 6) is -0.208. The first kappa shape index (κ1) is 22.2. The van der Waals surface area contributed by atoms with Crippen LogP contribution in [0.4, 0.5) is 15.8 Å². The predicted octanol–water partition coefficient (Wildman–Crippen LogP) is 3.37. The lowest BCUT2D eigenvalue weighted by molar-refractivity contribution is -0.384. The van der Waals surface area contributed by atoms with Crippen LogP contribution in [0.1, 0.15) is 25.0 Å². The number of nitro benzene ring substituents is 1. The maximum atomic E-state index is 13.3. The Kier molecular flexibility index (Phi) is 6.41. The number of nitrogens with zero attached hydrogens (tertiary/aromatic N) is 3. The van der Waals surface area contributed by atoms with E-state index in [1.54, 1.807) is 24.3 Å². The second kappa shape index (κ2) is 9.24. The maximum Gasteiger partial charge on any atom is 0.269 e. The number of hydrogen-bond acceptors (Lipinski definition) is 5. The smallest absolute Gasteiger partial charge is 0.269 e. The fourth-order valence-corrected chi connectivity index (χ4v) is 4.71. The van der Waals surface area contributed by atoms with Gasteiger partial charge in [-0.25, -0.2) is 4.39 Å². The van der Waals surface area contributed by atoms with Gasteiger partial charge < -0.3 is 10.2 Å². The highest BCUT2D eigenvalue weighted by Crippen LogP contribution is 2.38. The lowest BCUT2D eigenvalue weighted by Gasteiger charge is -2.49. The molecule has 0 aromatic heterocycles. The third-order valence-electron chi connectivity index (χ3n) is 6.33. The summed E-state index contributed by atoms with van der Waals surface area (Å²) < 4.78 is 13.3. The third-order valence-corrected chi connectivity index (χ3v) is 6.33. The second-order valence-corrected chi connectivity index (χ2v) is 9.14. The maximum absolute atomic E-state index is 13.3. The van der Waals surface area contributed by atoms with E-state index in [2.05, 4.69) is 29.0 Å². The van der Waals surface area contributed by atoms with Crippen LogP contribution in [0.2, 0.25) is 0 Å². The molecule has 1 amide bonds. The molecule has 2 aliphatic rings. The molecule has 0 unspecified atom stereocenters. The van der Waals surface area contributed by atoms with E-state index in [9.17, 15) is 19.3 Å². The van der Waals surface area contributed by atoms with Crippen molar-refractivity contribution < 1.29 is 14.1 Å². The number of amides is 1. The van der Waals surface area contributed by atoms with Gasteiger partial charge in [-0.2, -0.15) is 0 Å². The van der Waals surface area contributed by atoms with Gasteiger partial charge in [0.15, 0.2) is 0 Å². The predicted molar refractivity (Wildman–Crippen MR) is 121 cm³/mol. The molecule has 1 saturated heterocycles. The first-order chi connectivity index (χ1) is 15.3. The monoisotopic (exact) mass is 440 g/mol. The van der Waals surface area contributed by atoms with Crippen LogP contribution in [0.25, 0.3) is 0 Å². The number of halogens is 1. The first-order valence-corrected chi connectivity index (χ1v) is 11.1. The molecule has 2 heterocycles. The number of benzene rings is 2. The molecule has 4 rings (SSSR count). The van der Waals surface area contributed by atoms with E-state index in [0.717, 1.165) is 29.9 Å². The molecule has 0 spiro atoms. The summed E-state index contributed by atoms with van der Waals surface area (Å²) in [7, 11) is 0. The average molecular weight is 441 g/mol. The molecule has 1 N–H and O–H groups in total. The summed E-state index contributed by atoms with van der Waals surface area (Å²) in [6.07, 6.45) is 0.479. The van der Waals surface area contributed by atoms with Gasteiger partial charge in [0, 0.05) is 50.5 Å². The zero-order valence-corrected chi connectivity index (χ0v) is 18.5. The third kappa shape index (κ3) is 4.75. The van der Waals surface area contributed by atoms with Gasteiger partial charge in [0.1, 0.15) is 5.82 Å². The van der Waals surface area contributed by atoms with E-state index < -0.39 is 0 Å². The van der Waals surface area contributed by atoms with Crippen LogP contribution in [-0.4, -0.2) is 48.0 Å². The largest absolute Gasteiger partial charge is 0.365 e. The fourth-order valence-electron chi connectivity index (χ4n) is 4.71. The van der Waals surface area contributed by atoms with Gasteiger partial charge in [0.2, 0.25) is 5.91 Å². The number of anilines is 1.